The van der Waals surface area contributed by atoms with E-state index < -0.39 is 15.9 Å². The number of halogens is 2. The minimum atomic E-state index is -3.22. The van der Waals surface area contributed by atoms with E-state index in [-0.39, 0.29) is 17.6 Å². The number of piperidine rings is 1. The fourth-order valence-corrected chi connectivity index (χ4v) is 4.59. The number of hydrogen-bond acceptors (Lipinski definition) is 4. The highest BCUT2D eigenvalue weighted by Crippen LogP contribution is 2.26. The fraction of sp³-hybridized carbons (Fsp3) is 0.333. The van der Waals surface area contributed by atoms with Crippen molar-refractivity contribution in [2.45, 2.75) is 31.1 Å². The standard InChI is InChI=1S/C21H22Cl2N2O4S/c1-30(28,29)13-14-5-4-6-15(11-14)21(27)25-10-3-2-7-19(25)20(26)24-16-8-9-17(22)18(23)12-16/h4-6,8-9,11-12,19H,2-3,7,10,13H2,1H3,(H,24,26). The fourth-order valence-electron chi connectivity index (χ4n) is 3.51. The molecule has 160 valence electrons. The van der Waals surface area contributed by atoms with Crippen molar-refractivity contribution in [2.24, 2.45) is 0 Å². The molecule has 0 aromatic heterocycles. The van der Waals surface area contributed by atoms with Crippen LogP contribution in [-0.2, 0) is 20.4 Å². The van der Waals surface area contributed by atoms with Gasteiger partial charge in [0.25, 0.3) is 5.91 Å². The molecule has 1 atom stereocenters. The van der Waals surface area contributed by atoms with Crippen LogP contribution in [0.2, 0.25) is 10.0 Å². The van der Waals surface area contributed by atoms with Crippen LogP contribution in [0.15, 0.2) is 42.5 Å². The summed E-state index contributed by atoms with van der Waals surface area (Å²) in [6.45, 7) is 0.453. The van der Waals surface area contributed by atoms with Gasteiger partial charge in [0.2, 0.25) is 5.91 Å². The second kappa shape index (κ2) is 9.37. The average Bonchev–Trinajstić information content (AvgIpc) is 2.69. The molecule has 9 heteroatoms. The van der Waals surface area contributed by atoms with E-state index in [9.17, 15) is 18.0 Å². The van der Waals surface area contributed by atoms with Gasteiger partial charge in [0.1, 0.15) is 6.04 Å². The molecule has 1 aliphatic rings. The number of nitrogens with one attached hydrogen (secondary N) is 1. The maximum atomic E-state index is 13.1. The van der Waals surface area contributed by atoms with Crippen LogP contribution in [0.3, 0.4) is 0 Å². The first-order valence-electron chi connectivity index (χ1n) is 9.47. The van der Waals surface area contributed by atoms with Gasteiger partial charge >= 0.3 is 0 Å². The van der Waals surface area contributed by atoms with Gasteiger partial charge in [-0.25, -0.2) is 8.42 Å². The van der Waals surface area contributed by atoms with E-state index in [0.29, 0.717) is 39.8 Å². The molecule has 1 fully saturated rings. The number of nitrogens with zero attached hydrogens (tertiary/aromatic N) is 1. The second-order valence-corrected chi connectivity index (χ2v) is 10.4. The lowest BCUT2D eigenvalue weighted by Gasteiger charge is -2.35. The minimum absolute atomic E-state index is 0.143. The van der Waals surface area contributed by atoms with Crippen molar-refractivity contribution >= 4 is 50.5 Å². The highest BCUT2D eigenvalue weighted by molar-refractivity contribution is 7.89. The summed E-state index contributed by atoms with van der Waals surface area (Å²) < 4.78 is 23.2. The smallest absolute Gasteiger partial charge is 0.254 e. The molecular formula is C21H22Cl2N2O4S. The first-order valence-corrected chi connectivity index (χ1v) is 12.3. The highest BCUT2D eigenvalue weighted by Gasteiger charge is 2.32. The lowest BCUT2D eigenvalue weighted by Crippen LogP contribution is -2.50. The summed E-state index contributed by atoms with van der Waals surface area (Å²) in [6, 6.07) is 10.7. The molecule has 0 bridgehead atoms. The normalized spacial score (nSPS) is 16.9. The van der Waals surface area contributed by atoms with Crippen molar-refractivity contribution in [3.05, 3.63) is 63.6 Å². The molecule has 0 aliphatic carbocycles. The van der Waals surface area contributed by atoms with Gasteiger partial charge in [-0.3, -0.25) is 9.59 Å². The summed E-state index contributed by atoms with van der Waals surface area (Å²) in [5.74, 6) is -0.733. The van der Waals surface area contributed by atoms with Gasteiger partial charge in [0.15, 0.2) is 9.84 Å². The first-order chi connectivity index (χ1) is 14.1. The summed E-state index contributed by atoms with van der Waals surface area (Å²) in [6.07, 6.45) is 3.32. The summed E-state index contributed by atoms with van der Waals surface area (Å²) in [5, 5.41) is 3.52. The van der Waals surface area contributed by atoms with Gasteiger partial charge in [-0.2, -0.15) is 0 Å². The van der Waals surface area contributed by atoms with Crippen molar-refractivity contribution < 1.29 is 18.0 Å². The third-order valence-electron chi connectivity index (χ3n) is 4.86. The van der Waals surface area contributed by atoms with E-state index in [4.69, 9.17) is 23.2 Å². The third-order valence-corrected chi connectivity index (χ3v) is 6.45. The van der Waals surface area contributed by atoms with Crippen LogP contribution in [0.1, 0.15) is 35.2 Å². The molecule has 0 radical (unpaired) electrons. The number of hydrogen-bond donors (Lipinski definition) is 1. The lowest BCUT2D eigenvalue weighted by molar-refractivity contribution is -0.121. The molecular weight excluding hydrogens is 447 g/mol. The minimum Gasteiger partial charge on any atom is -0.327 e. The number of carbonyl (C=O) groups is 2. The average molecular weight is 469 g/mol. The Labute approximate surface area is 186 Å². The topological polar surface area (TPSA) is 83.6 Å². The van der Waals surface area contributed by atoms with Crippen LogP contribution in [0.5, 0.6) is 0 Å². The van der Waals surface area contributed by atoms with E-state index in [2.05, 4.69) is 5.32 Å². The number of likely N-dealkylation sites (tertiary alicyclic amines) is 1. The molecule has 2 aromatic rings. The van der Waals surface area contributed by atoms with Crippen LogP contribution < -0.4 is 5.32 Å². The molecule has 1 aliphatic heterocycles. The van der Waals surface area contributed by atoms with E-state index in [0.717, 1.165) is 19.1 Å². The highest BCUT2D eigenvalue weighted by atomic mass is 35.5. The number of amides is 2. The summed E-state index contributed by atoms with van der Waals surface area (Å²) in [5.41, 5.74) is 1.41. The Balaban J connectivity index is 1.79. The van der Waals surface area contributed by atoms with Crippen LogP contribution in [-0.4, -0.2) is 44.0 Å². The van der Waals surface area contributed by atoms with Crippen LogP contribution in [0.25, 0.3) is 0 Å². The molecule has 1 saturated heterocycles. The van der Waals surface area contributed by atoms with Gasteiger partial charge in [0.05, 0.1) is 15.8 Å². The van der Waals surface area contributed by atoms with Crippen molar-refractivity contribution in [2.75, 3.05) is 18.1 Å². The van der Waals surface area contributed by atoms with E-state index >= 15 is 0 Å². The Kier molecular flexibility index (Phi) is 7.06. The molecule has 1 N–H and O–H groups in total. The molecule has 1 heterocycles. The molecule has 30 heavy (non-hydrogen) atoms. The zero-order chi connectivity index (χ0) is 21.9. The maximum Gasteiger partial charge on any atom is 0.254 e. The van der Waals surface area contributed by atoms with E-state index in [1.165, 1.54) is 0 Å². The van der Waals surface area contributed by atoms with Crippen molar-refractivity contribution in [3.63, 3.8) is 0 Å². The molecule has 0 spiro atoms. The van der Waals surface area contributed by atoms with Gasteiger partial charge in [0, 0.05) is 24.1 Å². The molecule has 0 saturated carbocycles. The maximum absolute atomic E-state index is 13.1. The SMILES string of the molecule is CS(=O)(=O)Cc1cccc(C(=O)N2CCCCC2C(=O)Nc2ccc(Cl)c(Cl)c2)c1. The largest absolute Gasteiger partial charge is 0.327 e. The number of rotatable bonds is 5. The van der Waals surface area contributed by atoms with Crippen LogP contribution in [0, 0.1) is 0 Å². The van der Waals surface area contributed by atoms with E-state index in [1.54, 1.807) is 47.4 Å². The summed E-state index contributed by atoms with van der Waals surface area (Å²) >= 11 is 11.9. The molecule has 1 unspecified atom stereocenters. The van der Waals surface area contributed by atoms with Crippen molar-refractivity contribution in [1.82, 2.24) is 4.90 Å². The molecule has 6 nitrogen and oxygen atoms in total. The van der Waals surface area contributed by atoms with Crippen molar-refractivity contribution in [1.29, 1.82) is 0 Å². The van der Waals surface area contributed by atoms with Gasteiger partial charge < -0.3 is 10.2 Å². The van der Waals surface area contributed by atoms with Crippen LogP contribution in [0.4, 0.5) is 5.69 Å². The molecule has 3 rings (SSSR count). The number of anilines is 1. The quantitative estimate of drug-likeness (QED) is 0.713. The Morgan fingerprint density at radius 3 is 2.57 bits per heavy atom. The third kappa shape index (κ3) is 5.74. The predicted octanol–water partition coefficient (Wildman–Crippen LogP) is 4.17. The second-order valence-electron chi connectivity index (χ2n) is 7.40. The Morgan fingerprint density at radius 2 is 1.87 bits per heavy atom. The summed E-state index contributed by atoms with van der Waals surface area (Å²) in [4.78, 5) is 27.6. The number of benzene rings is 2. The number of carbonyl (C=O) groups excluding carboxylic acids is 2. The Morgan fingerprint density at radius 1 is 1.10 bits per heavy atom. The zero-order valence-electron chi connectivity index (χ0n) is 16.4. The molecule has 2 aromatic carbocycles. The Bertz CT molecular complexity index is 1070. The van der Waals surface area contributed by atoms with Gasteiger partial charge in [-0.1, -0.05) is 35.3 Å². The Hall–Kier alpha value is -2.09. The summed E-state index contributed by atoms with van der Waals surface area (Å²) in [7, 11) is -3.22. The molecule has 2 amide bonds. The number of sulfone groups is 1. The first kappa shape index (κ1) is 22.6. The monoisotopic (exact) mass is 468 g/mol. The van der Waals surface area contributed by atoms with Crippen LogP contribution >= 0.6 is 23.2 Å². The predicted molar refractivity (Wildman–Crippen MR) is 119 cm³/mol. The van der Waals surface area contributed by atoms with E-state index in [1.807, 2.05) is 0 Å². The lowest BCUT2D eigenvalue weighted by atomic mass is 9.99. The van der Waals surface area contributed by atoms with Gasteiger partial charge in [-0.05, 0) is 55.2 Å². The van der Waals surface area contributed by atoms with Crippen molar-refractivity contribution in [3.8, 4) is 0 Å². The van der Waals surface area contributed by atoms with Gasteiger partial charge in [-0.15, -0.1) is 0 Å². The zero-order valence-corrected chi connectivity index (χ0v) is 18.7.